The fourth-order valence-electron chi connectivity index (χ4n) is 7.21. The summed E-state index contributed by atoms with van der Waals surface area (Å²) in [5.74, 6) is -3.24. The molecule has 0 aromatic heterocycles. The zero-order valence-corrected chi connectivity index (χ0v) is 75.0. The number of halogens is 24. The topological polar surface area (TPSA) is 0 Å². The van der Waals surface area contributed by atoms with Crippen LogP contribution in [0.3, 0.4) is 0 Å². The lowest BCUT2D eigenvalue weighted by Gasteiger charge is -2.42. The molecule has 0 saturated heterocycles. The van der Waals surface area contributed by atoms with Crippen molar-refractivity contribution in [3.63, 3.8) is 0 Å². The summed E-state index contributed by atoms with van der Waals surface area (Å²) in [6.45, 7) is 81.7. The van der Waals surface area contributed by atoms with Crippen LogP contribution in [0.25, 0.3) is 0 Å². The smallest absolute Gasteiger partial charge is 0.174 e. The van der Waals surface area contributed by atoms with Crippen molar-refractivity contribution in [2.24, 2.45) is 132 Å². The Morgan fingerprint density at radius 1 is 0.292 bits per heavy atom. The molecular weight excluding hydrogens is 1440 g/mol. The SMILES string of the molecule is CC(C)(C)C(C)(C)C.CC(C)(C)C(C)(C)C(F)(F)F.CC(C)C(C)(C)C(C)(C)C.CC(C)C(C)(C)C(C)C(F)(F)F.CC(C)[C@@H](C)C(C)(C)C.CC(C)[C@@H](C)C(C)C(F)(F)F.CC(C)[C@@H](C)C(C)C(F)(F)F.CCC(C)(C)CC(F)(F)F.CCC(C)[C@@H](C)C(F)(F)F.CCC(CC)CC(F)(F)F.FC(F)F. The van der Waals surface area contributed by atoms with Gasteiger partial charge in [-0.2, -0.15) is 105 Å². The molecule has 0 spiro atoms. The molecule has 0 saturated carbocycles. The summed E-state index contributed by atoms with van der Waals surface area (Å²) in [5, 5.41) is 0. The van der Waals surface area contributed by atoms with Crippen molar-refractivity contribution in [2.45, 2.75) is 400 Å². The van der Waals surface area contributed by atoms with Crippen LogP contribution in [0.4, 0.5) is 105 Å². The molecule has 0 aromatic rings. The Bertz CT molecular complexity index is 1990. The van der Waals surface area contributed by atoms with E-state index < -0.39 is 108 Å². The van der Waals surface area contributed by atoms with Gasteiger partial charge in [0, 0.05) is 12.8 Å². The van der Waals surface area contributed by atoms with Crippen LogP contribution >= 0.6 is 0 Å². The molecule has 106 heavy (non-hydrogen) atoms. The molecule has 0 aliphatic heterocycles. The first-order valence-corrected chi connectivity index (χ1v) is 37.7. The quantitative estimate of drug-likeness (QED) is 0.143. The van der Waals surface area contributed by atoms with E-state index in [4.69, 9.17) is 0 Å². The molecule has 0 aromatic carbocycles. The van der Waals surface area contributed by atoms with Gasteiger partial charge in [-0.15, -0.1) is 0 Å². The van der Waals surface area contributed by atoms with Gasteiger partial charge in [0.05, 0.1) is 29.1 Å². The second kappa shape index (κ2) is 51.2. The van der Waals surface area contributed by atoms with Crippen molar-refractivity contribution in [2.75, 3.05) is 0 Å². The summed E-state index contributed by atoms with van der Waals surface area (Å²) in [7, 11) is 0. The highest BCUT2D eigenvalue weighted by Crippen LogP contribution is 2.50. The second-order valence-electron chi connectivity index (χ2n) is 38.3. The molecule has 0 radical (unpaired) electrons. The van der Waals surface area contributed by atoms with Gasteiger partial charge in [0.15, 0.2) is 0 Å². The molecule has 0 amide bonds. The molecule has 0 fully saturated rings. The Hall–Kier alpha value is -1.68. The van der Waals surface area contributed by atoms with E-state index in [1.165, 1.54) is 41.5 Å². The van der Waals surface area contributed by atoms with Crippen molar-refractivity contribution in [3.05, 3.63) is 0 Å². The first-order valence-electron chi connectivity index (χ1n) is 37.7. The van der Waals surface area contributed by atoms with Crippen LogP contribution in [0.5, 0.6) is 0 Å². The van der Waals surface area contributed by atoms with E-state index >= 15 is 0 Å². The Morgan fingerprint density at radius 3 is 0.613 bits per heavy atom. The van der Waals surface area contributed by atoms with Crippen LogP contribution in [0, 0.1) is 132 Å². The van der Waals surface area contributed by atoms with E-state index in [0.717, 1.165) is 17.8 Å². The van der Waals surface area contributed by atoms with Gasteiger partial charge in [-0.05, 0) is 102 Å². The number of hydrogen-bond donors (Lipinski definition) is 0. The normalized spacial score (nSPS) is 15.7. The summed E-state index contributed by atoms with van der Waals surface area (Å²) in [6.07, 6.45) is -27.2. The minimum atomic E-state index is -4.12. The molecule has 658 valence electrons. The van der Waals surface area contributed by atoms with E-state index in [2.05, 4.69) is 132 Å². The predicted octanol–water partition coefficient (Wildman–Crippen LogP) is 35.7. The van der Waals surface area contributed by atoms with Crippen LogP contribution in [0.15, 0.2) is 0 Å². The predicted molar refractivity (Wildman–Crippen MR) is 403 cm³/mol. The first-order chi connectivity index (χ1) is 45.3. The highest BCUT2D eigenvalue weighted by molar-refractivity contribution is 4.89. The lowest BCUT2D eigenvalue weighted by molar-refractivity contribution is -0.243. The summed E-state index contributed by atoms with van der Waals surface area (Å²) >= 11 is 0. The molecule has 24 heteroatoms. The molecule has 0 heterocycles. The Kier molecular flexibility index (Phi) is 61.8. The first kappa shape index (κ1) is 128. The lowest BCUT2D eigenvalue weighted by atomic mass is 9.63. The van der Waals surface area contributed by atoms with Gasteiger partial charge >= 0.3 is 49.9 Å². The summed E-state index contributed by atoms with van der Waals surface area (Å²) < 4.78 is 281. The molecular formula is C82H162F24. The molecule has 0 bridgehead atoms. The van der Waals surface area contributed by atoms with E-state index in [1.54, 1.807) is 96.9 Å². The Labute approximate surface area is 634 Å². The highest BCUT2D eigenvalue weighted by Gasteiger charge is 2.54. The van der Waals surface area contributed by atoms with Crippen molar-refractivity contribution < 1.29 is 105 Å². The van der Waals surface area contributed by atoms with Crippen LogP contribution in [-0.4, -0.2) is 49.9 Å². The third-order valence-electron chi connectivity index (χ3n) is 23.7. The van der Waals surface area contributed by atoms with Crippen LogP contribution in [-0.2, 0) is 0 Å². The monoisotopic (exact) mass is 1600 g/mol. The van der Waals surface area contributed by atoms with E-state index in [9.17, 15) is 105 Å². The minimum Gasteiger partial charge on any atom is -0.174 e. The van der Waals surface area contributed by atoms with E-state index in [1.807, 2.05) is 41.5 Å². The van der Waals surface area contributed by atoms with Gasteiger partial charge < -0.3 is 0 Å². The van der Waals surface area contributed by atoms with Crippen molar-refractivity contribution in [3.8, 4) is 0 Å². The third kappa shape index (κ3) is 65.8. The zero-order valence-electron chi connectivity index (χ0n) is 75.0. The molecule has 0 aliphatic carbocycles. The molecule has 8 atom stereocenters. The molecule has 0 N–H and O–H groups in total. The standard InChI is InChI=1S/C10H22.C9H17F3.C9H20.3C8H15F3.C8H18.3C7H13F3.CHF3/c1-8(2)10(6,7)9(3,4)5;1-6(2)8(4,5)7(3)9(10,11)12;1-7(2)8(3)9(4,5)6;1-6(2,3)7(4,5)8(9,10)11;2*1-5(2)6(3)7(4)8(9,10)11;1-7(2,3)8(4,5)6;1-4-6(2,3)5-7(8,9)10;1-4-5(2)6(3)7(8,9)10;1-3-6(4-2)5-7(8,9)10;2-1(3)4/h8H,1-7H3;6-7H,1-5H3;7-8H,1-6H3;1-5H3;2*5-7H,1-4H3;1-6H3;4-5H2,1-3H3;5-6H,4H2,1-3H3;6H,3-5H2,1-2H3;1H/t;;8-;;2*6-,7?;;;5?,6-;;/m..1.11..1../s1. The molecule has 0 aliphatic rings. The fourth-order valence-corrected chi connectivity index (χ4v) is 7.21. The second-order valence-corrected chi connectivity index (χ2v) is 38.3. The van der Waals surface area contributed by atoms with Crippen molar-refractivity contribution >= 4 is 0 Å². The van der Waals surface area contributed by atoms with Crippen LogP contribution < -0.4 is 0 Å². The Morgan fingerprint density at radius 2 is 0.566 bits per heavy atom. The van der Waals surface area contributed by atoms with Gasteiger partial charge in [-0.25, -0.2) is 0 Å². The fraction of sp³-hybridized carbons (Fsp3) is 1.00. The maximum atomic E-state index is 12.3. The molecule has 0 rings (SSSR count). The summed E-state index contributed by atoms with van der Waals surface area (Å²) in [6, 6.07) is 0. The van der Waals surface area contributed by atoms with Gasteiger partial charge in [-0.3, -0.25) is 0 Å². The maximum Gasteiger partial charge on any atom is 0.394 e. The van der Waals surface area contributed by atoms with E-state index in [0.29, 0.717) is 52.8 Å². The number of hydrogen-bond acceptors (Lipinski definition) is 0. The van der Waals surface area contributed by atoms with E-state index in [-0.39, 0.29) is 41.4 Å². The zero-order chi connectivity index (χ0) is 89.9. The van der Waals surface area contributed by atoms with Gasteiger partial charge in [0.25, 0.3) is 0 Å². The summed E-state index contributed by atoms with van der Waals surface area (Å²) in [5.41, 5.74) is -1.44. The summed E-state index contributed by atoms with van der Waals surface area (Å²) in [4.78, 5) is 0. The average Bonchev–Trinajstić information content (AvgIpc) is 0.799. The van der Waals surface area contributed by atoms with Gasteiger partial charge in [-0.1, -0.05) is 337 Å². The van der Waals surface area contributed by atoms with Crippen molar-refractivity contribution in [1.29, 1.82) is 0 Å². The molecule has 4 unspecified atom stereocenters. The van der Waals surface area contributed by atoms with Crippen LogP contribution in [0.1, 0.15) is 350 Å². The van der Waals surface area contributed by atoms with Crippen molar-refractivity contribution in [1.82, 2.24) is 0 Å². The number of alkyl halides is 24. The highest BCUT2D eigenvalue weighted by atomic mass is 19.4. The Balaban J connectivity index is -0.000000105. The largest absolute Gasteiger partial charge is 0.394 e. The maximum absolute atomic E-state index is 12.3. The third-order valence-corrected chi connectivity index (χ3v) is 23.7. The van der Waals surface area contributed by atoms with Gasteiger partial charge in [0.1, 0.15) is 0 Å². The lowest BCUT2D eigenvalue weighted by Crippen LogP contribution is -2.43. The number of rotatable bonds is 15. The van der Waals surface area contributed by atoms with Crippen LogP contribution in [0.2, 0.25) is 0 Å². The van der Waals surface area contributed by atoms with Gasteiger partial charge in [0.2, 0.25) is 0 Å². The average molecular weight is 1600 g/mol. The minimum absolute atomic E-state index is 0.0362. The molecule has 0 nitrogen and oxygen atoms in total.